The van der Waals surface area contributed by atoms with Crippen molar-refractivity contribution in [2.45, 2.75) is 18.9 Å². The summed E-state index contributed by atoms with van der Waals surface area (Å²) in [6, 6.07) is 8.17. The van der Waals surface area contributed by atoms with Crippen molar-refractivity contribution in [2.24, 2.45) is 10.8 Å². The second-order valence-corrected chi connectivity index (χ2v) is 4.70. The Morgan fingerprint density at radius 2 is 2.24 bits per heavy atom. The number of hydrogen-bond donors (Lipinski definition) is 2. The van der Waals surface area contributed by atoms with Crippen molar-refractivity contribution in [1.29, 1.82) is 0 Å². The lowest BCUT2D eigenvalue weighted by atomic mass is 10.1. The molecule has 1 saturated heterocycles. The second kappa shape index (κ2) is 4.09. The first-order valence-electron chi connectivity index (χ1n) is 5.76. The Hall–Kier alpha value is -1.46. The van der Waals surface area contributed by atoms with Crippen molar-refractivity contribution >= 4 is 28.7 Å². The van der Waals surface area contributed by atoms with E-state index >= 15 is 0 Å². The molecule has 3 N–H and O–H groups in total. The van der Waals surface area contributed by atoms with E-state index in [1.165, 1.54) is 0 Å². The summed E-state index contributed by atoms with van der Waals surface area (Å²) in [6.07, 6.45) is 2.19. The number of nitrogens with one attached hydrogen (secondary N) is 1. The highest BCUT2D eigenvalue weighted by molar-refractivity contribution is 7.80. The third-order valence-corrected chi connectivity index (χ3v) is 3.81. The number of para-hydroxylation sites is 1. The zero-order valence-corrected chi connectivity index (χ0v) is 10.2. The summed E-state index contributed by atoms with van der Waals surface area (Å²) in [5, 5.41) is 0. The molecule has 0 amide bonds. The Labute approximate surface area is 105 Å². The van der Waals surface area contributed by atoms with Gasteiger partial charge in [0.15, 0.2) is 0 Å². The van der Waals surface area contributed by atoms with E-state index < -0.39 is 0 Å². The van der Waals surface area contributed by atoms with Crippen LogP contribution in [0.2, 0.25) is 0 Å². The molecule has 1 atom stereocenters. The van der Waals surface area contributed by atoms with Crippen molar-refractivity contribution < 1.29 is 0 Å². The smallest absolute Gasteiger partial charge is 0.139 e. The molecule has 1 fully saturated rings. The van der Waals surface area contributed by atoms with Gasteiger partial charge in [-0.1, -0.05) is 24.4 Å². The van der Waals surface area contributed by atoms with Crippen LogP contribution in [0.1, 0.15) is 18.4 Å². The highest BCUT2D eigenvalue weighted by Gasteiger charge is 2.33. The molecule has 2 heterocycles. The lowest BCUT2D eigenvalue weighted by Crippen LogP contribution is -2.46. The van der Waals surface area contributed by atoms with Crippen LogP contribution in [0, 0.1) is 0 Å². The Balaban J connectivity index is 2.15. The SMILES string of the molecule is NNC1=Nc2ccccc2C(=S)N2CCC[C@@H]12. The number of fused-ring (bicyclic) bond motifs is 2. The van der Waals surface area contributed by atoms with Gasteiger partial charge < -0.3 is 10.3 Å². The Morgan fingerprint density at radius 3 is 3.06 bits per heavy atom. The van der Waals surface area contributed by atoms with Gasteiger partial charge in [-0.2, -0.15) is 0 Å². The molecule has 0 unspecified atom stereocenters. The molecular formula is C12H14N4S. The largest absolute Gasteiger partial charge is 0.352 e. The van der Waals surface area contributed by atoms with Gasteiger partial charge in [0, 0.05) is 12.1 Å². The molecule has 0 radical (unpaired) electrons. The first kappa shape index (κ1) is 10.7. The second-order valence-electron chi connectivity index (χ2n) is 4.32. The van der Waals surface area contributed by atoms with Crippen LogP contribution in [0.3, 0.4) is 0 Å². The fourth-order valence-electron chi connectivity index (χ4n) is 2.53. The molecule has 4 nitrogen and oxygen atoms in total. The number of hydrogen-bond acceptors (Lipinski definition) is 4. The lowest BCUT2D eigenvalue weighted by Gasteiger charge is -2.25. The van der Waals surface area contributed by atoms with E-state index in [0.29, 0.717) is 0 Å². The highest BCUT2D eigenvalue weighted by atomic mass is 32.1. The summed E-state index contributed by atoms with van der Waals surface area (Å²) in [4.78, 5) is 7.71. The third kappa shape index (κ3) is 1.62. The molecule has 2 aliphatic heterocycles. The fourth-order valence-corrected chi connectivity index (χ4v) is 2.92. The first-order valence-corrected chi connectivity index (χ1v) is 6.17. The lowest BCUT2D eigenvalue weighted by molar-refractivity contribution is 0.470. The monoisotopic (exact) mass is 246 g/mol. The normalized spacial score (nSPS) is 22.6. The molecule has 2 aliphatic rings. The number of rotatable bonds is 0. The van der Waals surface area contributed by atoms with Crippen molar-refractivity contribution in [1.82, 2.24) is 10.3 Å². The van der Waals surface area contributed by atoms with E-state index in [9.17, 15) is 0 Å². The van der Waals surface area contributed by atoms with E-state index in [4.69, 9.17) is 18.1 Å². The van der Waals surface area contributed by atoms with Crippen LogP contribution < -0.4 is 11.3 Å². The molecule has 0 aliphatic carbocycles. The Kier molecular flexibility index (Phi) is 2.57. The number of aliphatic imine (C=N–C) groups is 1. The molecule has 0 saturated carbocycles. The maximum atomic E-state index is 5.58. The van der Waals surface area contributed by atoms with Gasteiger partial charge in [-0.3, -0.25) is 0 Å². The van der Waals surface area contributed by atoms with Gasteiger partial charge in [0.05, 0.1) is 11.7 Å². The average molecular weight is 246 g/mol. The first-order chi connectivity index (χ1) is 8.31. The summed E-state index contributed by atoms with van der Waals surface area (Å²) in [5.74, 6) is 6.40. The van der Waals surface area contributed by atoms with E-state index in [1.807, 2.05) is 24.3 Å². The van der Waals surface area contributed by atoms with E-state index in [-0.39, 0.29) is 6.04 Å². The minimum Gasteiger partial charge on any atom is -0.352 e. The van der Waals surface area contributed by atoms with Gasteiger partial charge in [-0.15, -0.1) is 0 Å². The van der Waals surface area contributed by atoms with Crippen LogP contribution in [0.15, 0.2) is 29.3 Å². The molecule has 5 heteroatoms. The molecule has 17 heavy (non-hydrogen) atoms. The molecule has 1 aromatic carbocycles. The minimum absolute atomic E-state index is 0.208. The molecule has 0 spiro atoms. The van der Waals surface area contributed by atoms with Gasteiger partial charge in [0.1, 0.15) is 10.8 Å². The molecule has 3 rings (SSSR count). The fraction of sp³-hybridized carbons (Fsp3) is 0.333. The van der Waals surface area contributed by atoms with Gasteiger partial charge in [-0.25, -0.2) is 10.8 Å². The standard InChI is InChI=1S/C12H14N4S/c13-15-11-10-6-3-7-16(10)12(17)8-4-1-2-5-9(8)14-11/h1-2,4-5,10H,3,6-7,13H2,(H,14,15)/t10-/m0/s1. The number of thiocarbonyl (C=S) groups is 1. The summed E-state index contributed by atoms with van der Waals surface area (Å²) < 4.78 is 0. The Morgan fingerprint density at radius 1 is 1.41 bits per heavy atom. The van der Waals surface area contributed by atoms with E-state index in [0.717, 1.165) is 41.5 Å². The van der Waals surface area contributed by atoms with Crippen molar-refractivity contribution in [3.8, 4) is 0 Å². The van der Waals surface area contributed by atoms with Crippen LogP contribution in [-0.2, 0) is 0 Å². The topological polar surface area (TPSA) is 53.6 Å². The maximum absolute atomic E-state index is 5.58. The summed E-state index contributed by atoms with van der Waals surface area (Å²) in [6.45, 7) is 0.985. The van der Waals surface area contributed by atoms with Crippen molar-refractivity contribution in [3.05, 3.63) is 29.8 Å². The minimum atomic E-state index is 0.208. The number of nitrogens with zero attached hydrogens (tertiary/aromatic N) is 2. The average Bonchev–Trinajstić information content (AvgIpc) is 2.81. The van der Waals surface area contributed by atoms with Crippen LogP contribution in [0.25, 0.3) is 0 Å². The van der Waals surface area contributed by atoms with E-state index in [1.54, 1.807) is 0 Å². The number of benzene rings is 1. The van der Waals surface area contributed by atoms with Crippen LogP contribution in [-0.4, -0.2) is 28.3 Å². The Bertz CT molecular complexity index is 497. The molecule has 1 aromatic rings. The van der Waals surface area contributed by atoms with Crippen molar-refractivity contribution in [2.75, 3.05) is 6.54 Å². The third-order valence-electron chi connectivity index (χ3n) is 3.35. The number of hydrazine groups is 1. The number of nitrogens with two attached hydrogens (primary N) is 1. The highest BCUT2D eigenvalue weighted by Crippen LogP contribution is 2.30. The van der Waals surface area contributed by atoms with Crippen LogP contribution >= 0.6 is 12.2 Å². The maximum Gasteiger partial charge on any atom is 0.139 e. The quantitative estimate of drug-likeness (QED) is 0.412. The van der Waals surface area contributed by atoms with Crippen molar-refractivity contribution in [3.63, 3.8) is 0 Å². The molecule has 0 bridgehead atoms. The molecular weight excluding hydrogens is 232 g/mol. The van der Waals surface area contributed by atoms with Gasteiger partial charge in [0.2, 0.25) is 0 Å². The zero-order chi connectivity index (χ0) is 11.8. The van der Waals surface area contributed by atoms with Crippen LogP contribution in [0.4, 0.5) is 5.69 Å². The van der Waals surface area contributed by atoms with Gasteiger partial charge >= 0.3 is 0 Å². The molecule has 0 aromatic heterocycles. The number of amidine groups is 1. The predicted octanol–water partition coefficient (Wildman–Crippen LogP) is 1.33. The summed E-state index contributed by atoms with van der Waals surface area (Å²) in [5.41, 5.74) is 4.66. The summed E-state index contributed by atoms with van der Waals surface area (Å²) in [7, 11) is 0. The van der Waals surface area contributed by atoms with E-state index in [2.05, 4.69) is 15.3 Å². The molecule has 88 valence electrons. The van der Waals surface area contributed by atoms with Crippen LogP contribution in [0.5, 0.6) is 0 Å². The van der Waals surface area contributed by atoms with Gasteiger partial charge in [0.25, 0.3) is 0 Å². The predicted molar refractivity (Wildman–Crippen MR) is 72.3 cm³/mol. The summed E-state index contributed by atoms with van der Waals surface area (Å²) >= 11 is 5.57. The van der Waals surface area contributed by atoms with Gasteiger partial charge in [-0.05, 0) is 25.0 Å². The zero-order valence-electron chi connectivity index (χ0n) is 9.39.